The molecule has 0 radical (unpaired) electrons. The van der Waals surface area contributed by atoms with Crippen molar-refractivity contribution >= 4 is 23.4 Å². The molecule has 0 saturated carbocycles. The largest absolute Gasteiger partial charge is 0.494 e. The van der Waals surface area contributed by atoms with Crippen molar-refractivity contribution in [2.45, 2.75) is 11.8 Å². The van der Waals surface area contributed by atoms with Crippen molar-refractivity contribution in [2.75, 3.05) is 31.4 Å². The Kier molecular flexibility index (Phi) is 6.97. The van der Waals surface area contributed by atoms with Crippen LogP contribution in [0, 0.1) is 0 Å². The van der Waals surface area contributed by atoms with Gasteiger partial charge in [-0.2, -0.15) is 0 Å². The quantitative estimate of drug-likeness (QED) is 0.585. The number of benzene rings is 2. The third-order valence-electron chi connectivity index (χ3n) is 3.10. The molecule has 0 saturated heterocycles. The van der Waals surface area contributed by atoms with E-state index in [1.165, 1.54) is 0 Å². The van der Waals surface area contributed by atoms with Crippen LogP contribution in [0.5, 0.6) is 5.75 Å². The van der Waals surface area contributed by atoms with Crippen molar-refractivity contribution in [3.05, 3.63) is 54.1 Å². The Morgan fingerprint density at radius 3 is 2.57 bits per heavy atom. The van der Waals surface area contributed by atoms with Gasteiger partial charge in [-0.05, 0) is 43.3 Å². The number of nitrogens with one attached hydrogen (secondary N) is 1. The van der Waals surface area contributed by atoms with E-state index in [4.69, 9.17) is 9.47 Å². The van der Waals surface area contributed by atoms with E-state index < -0.39 is 0 Å². The van der Waals surface area contributed by atoms with Crippen LogP contribution in [0.25, 0.3) is 0 Å². The summed E-state index contributed by atoms with van der Waals surface area (Å²) in [6.07, 6.45) is 0. The number of anilines is 1. The SMILES string of the molecule is CCOc1ccc(NC(=O)c2ccccc2SCCOC)cc1. The first-order valence-corrected chi connectivity index (χ1v) is 8.48. The second-order valence-corrected chi connectivity index (χ2v) is 5.89. The van der Waals surface area contributed by atoms with Crippen LogP contribution in [-0.2, 0) is 4.74 Å². The van der Waals surface area contributed by atoms with Crippen LogP contribution >= 0.6 is 11.8 Å². The van der Waals surface area contributed by atoms with Gasteiger partial charge in [0, 0.05) is 23.4 Å². The van der Waals surface area contributed by atoms with Gasteiger partial charge < -0.3 is 14.8 Å². The molecule has 1 N–H and O–H groups in total. The highest BCUT2D eigenvalue weighted by Crippen LogP contribution is 2.24. The van der Waals surface area contributed by atoms with Gasteiger partial charge in [-0.25, -0.2) is 0 Å². The predicted octanol–water partition coefficient (Wildman–Crippen LogP) is 4.08. The van der Waals surface area contributed by atoms with Gasteiger partial charge in [0.2, 0.25) is 0 Å². The molecule has 0 aliphatic rings. The van der Waals surface area contributed by atoms with Gasteiger partial charge >= 0.3 is 0 Å². The van der Waals surface area contributed by atoms with Gasteiger partial charge in [-0.1, -0.05) is 12.1 Å². The Morgan fingerprint density at radius 2 is 1.87 bits per heavy atom. The zero-order valence-electron chi connectivity index (χ0n) is 13.4. The van der Waals surface area contributed by atoms with Crippen LogP contribution in [0.15, 0.2) is 53.4 Å². The maximum Gasteiger partial charge on any atom is 0.256 e. The third-order valence-corrected chi connectivity index (χ3v) is 4.14. The molecule has 0 aliphatic carbocycles. The number of rotatable bonds is 8. The second kappa shape index (κ2) is 9.22. The predicted molar refractivity (Wildman–Crippen MR) is 94.6 cm³/mol. The number of thioether (sulfide) groups is 1. The molecular formula is C18H21NO3S. The van der Waals surface area contributed by atoms with E-state index in [-0.39, 0.29) is 5.91 Å². The molecule has 1 amide bonds. The fourth-order valence-corrected chi connectivity index (χ4v) is 2.98. The molecule has 0 bridgehead atoms. The minimum absolute atomic E-state index is 0.116. The first-order valence-electron chi connectivity index (χ1n) is 7.49. The van der Waals surface area contributed by atoms with Crippen LogP contribution < -0.4 is 10.1 Å². The number of ether oxygens (including phenoxy) is 2. The first kappa shape index (κ1) is 17.4. The number of carbonyl (C=O) groups excluding carboxylic acids is 1. The smallest absolute Gasteiger partial charge is 0.256 e. The standard InChI is InChI=1S/C18H21NO3S/c1-3-22-15-10-8-14(9-11-15)19-18(20)16-6-4-5-7-17(16)23-13-12-21-2/h4-11H,3,12-13H2,1-2H3,(H,19,20). The highest BCUT2D eigenvalue weighted by Gasteiger charge is 2.11. The lowest BCUT2D eigenvalue weighted by atomic mass is 10.2. The highest BCUT2D eigenvalue weighted by molar-refractivity contribution is 7.99. The molecule has 0 aromatic heterocycles. The third kappa shape index (κ3) is 5.30. The summed E-state index contributed by atoms with van der Waals surface area (Å²) in [6.45, 7) is 3.21. The Balaban J connectivity index is 2.05. The van der Waals surface area contributed by atoms with Crippen molar-refractivity contribution in [1.29, 1.82) is 0 Å². The number of carbonyl (C=O) groups is 1. The summed E-state index contributed by atoms with van der Waals surface area (Å²) in [5.41, 5.74) is 1.41. The number of hydrogen-bond donors (Lipinski definition) is 1. The summed E-state index contributed by atoms with van der Waals surface area (Å²) in [4.78, 5) is 13.4. The average Bonchev–Trinajstić information content (AvgIpc) is 2.57. The molecule has 2 rings (SSSR count). The van der Waals surface area contributed by atoms with Crippen molar-refractivity contribution in [1.82, 2.24) is 0 Å². The maximum absolute atomic E-state index is 12.5. The lowest BCUT2D eigenvalue weighted by Crippen LogP contribution is -2.13. The molecule has 0 unspecified atom stereocenters. The van der Waals surface area contributed by atoms with Gasteiger partial charge in [0.15, 0.2) is 0 Å². The zero-order chi connectivity index (χ0) is 16.5. The van der Waals surface area contributed by atoms with Gasteiger partial charge in [-0.3, -0.25) is 4.79 Å². The molecule has 0 aliphatic heterocycles. The summed E-state index contributed by atoms with van der Waals surface area (Å²) in [7, 11) is 1.67. The molecule has 0 fully saturated rings. The van der Waals surface area contributed by atoms with Crippen LogP contribution in [0.4, 0.5) is 5.69 Å². The number of hydrogen-bond acceptors (Lipinski definition) is 4. The number of amides is 1. The fraction of sp³-hybridized carbons (Fsp3) is 0.278. The molecule has 0 spiro atoms. The van der Waals surface area contributed by atoms with E-state index in [9.17, 15) is 4.79 Å². The molecule has 2 aromatic carbocycles. The highest BCUT2D eigenvalue weighted by atomic mass is 32.2. The van der Waals surface area contributed by atoms with E-state index in [1.807, 2.05) is 55.5 Å². The summed E-state index contributed by atoms with van der Waals surface area (Å²) in [6, 6.07) is 15.0. The molecule has 4 nitrogen and oxygen atoms in total. The molecular weight excluding hydrogens is 310 g/mol. The van der Waals surface area contributed by atoms with Crippen LogP contribution in [-0.4, -0.2) is 32.0 Å². The van der Waals surface area contributed by atoms with Crippen molar-refractivity contribution < 1.29 is 14.3 Å². The fourth-order valence-electron chi connectivity index (χ4n) is 2.01. The Labute approximate surface area is 141 Å². The second-order valence-electron chi connectivity index (χ2n) is 4.75. The monoisotopic (exact) mass is 331 g/mol. The first-order chi connectivity index (χ1) is 11.2. The number of methoxy groups -OCH3 is 1. The minimum Gasteiger partial charge on any atom is -0.494 e. The van der Waals surface area contributed by atoms with E-state index >= 15 is 0 Å². The van der Waals surface area contributed by atoms with E-state index in [0.29, 0.717) is 18.8 Å². The summed E-state index contributed by atoms with van der Waals surface area (Å²) in [5.74, 6) is 1.49. The topological polar surface area (TPSA) is 47.6 Å². The summed E-state index contributed by atoms with van der Waals surface area (Å²) >= 11 is 1.61. The van der Waals surface area contributed by atoms with Gasteiger partial charge in [-0.15, -0.1) is 11.8 Å². The maximum atomic E-state index is 12.5. The van der Waals surface area contributed by atoms with Crippen LogP contribution in [0.1, 0.15) is 17.3 Å². The Morgan fingerprint density at radius 1 is 1.13 bits per heavy atom. The summed E-state index contributed by atoms with van der Waals surface area (Å²) < 4.78 is 10.5. The Bertz CT molecular complexity index is 628. The van der Waals surface area contributed by atoms with Crippen molar-refractivity contribution in [3.63, 3.8) is 0 Å². The van der Waals surface area contributed by atoms with Gasteiger partial charge in [0.1, 0.15) is 5.75 Å². The van der Waals surface area contributed by atoms with E-state index in [2.05, 4.69) is 5.32 Å². The van der Waals surface area contributed by atoms with Gasteiger partial charge in [0.05, 0.1) is 18.8 Å². The van der Waals surface area contributed by atoms with Crippen LogP contribution in [0.2, 0.25) is 0 Å². The minimum atomic E-state index is -0.116. The zero-order valence-corrected chi connectivity index (χ0v) is 14.2. The van der Waals surface area contributed by atoms with Crippen molar-refractivity contribution in [2.24, 2.45) is 0 Å². The Hall–Kier alpha value is -1.98. The molecule has 5 heteroatoms. The van der Waals surface area contributed by atoms with E-state index in [1.54, 1.807) is 18.9 Å². The van der Waals surface area contributed by atoms with E-state index in [0.717, 1.165) is 22.1 Å². The lowest BCUT2D eigenvalue weighted by Gasteiger charge is -2.10. The van der Waals surface area contributed by atoms with Gasteiger partial charge in [0.25, 0.3) is 5.91 Å². The molecule has 122 valence electrons. The average molecular weight is 331 g/mol. The normalized spacial score (nSPS) is 10.3. The molecule has 2 aromatic rings. The van der Waals surface area contributed by atoms with Crippen LogP contribution in [0.3, 0.4) is 0 Å². The summed E-state index contributed by atoms with van der Waals surface area (Å²) in [5, 5.41) is 2.92. The molecule has 23 heavy (non-hydrogen) atoms. The van der Waals surface area contributed by atoms with Crippen molar-refractivity contribution in [3.8, 4) is 5.75 Å². The molecule has 0 atom stereocenters. The lowest BCUT2D eigenvalue weighted by molar-refractivity contribution is 0.102. The molecule has 0 heterocycles.